The van der Waals surface area contributed by atoms with Crippen molar-refractivity contribution in [3.63, 3.8) is 0 Å². The molecule has 0 aliphatic carbocycles. The van der Waals surface area contributed by atoms with Crippen LogP contribution in [-0.2, 0) is 0 Å². The fraction of sp³-hybridized carbons (Fsp3) is 0.500. The summed E-state index contributed by atoms with van der Waals surface area (Å²) in [7, 11) is 2.07. The van der Waals surface area contributed by atoms with Crippen molar-refractivity contribution in [1.29, 1.82) is 0 Å². The Morgan fingerprint density at radius 3 is 2.60 bits per heavy atom. The molecule has 1 aromatic rings. The minimum atomic E-state index is -0.283. The molecular weight excluding hydrogens is 191 g/mol. The number of halogens is 1. The normalized spacial score (nSPS) is 10.3. The van der Waals surface area contributed by atoms with Gasteiger partial charge in [-0.1, -0.05) is 18.2 Å². The zero-order chi connectivity index (χ0) is 10.9. The number of hydrogen-bond acceptors (Lipinski definition) is 2. The van der Waals surface area contributed by atoms with Gasteiger partial charge in [-0.25, -0.2) is 4.39 Å². The molecule has 0 unspecified atom stereocenters. The van der Waals surface area contributed by atoms with Crippen molar-refractivity contribution in [1.82, 2.24) is 5.32 Å². The molecule has 0 aromatic heterocycles. The van der Waals surface area contributed by atoms with Crippen LogP contribution < -0.4 is 10.2 Å². The van der Waals surface area contributed by atoms with E-state index >= 15 is 0 Å². The number of rotatable bonds is 7. The van der Waals surface area contributed by atoms with Crippen LogP contribution in [0.5, 0.6) is 0 Å². The smallest absolute Gasteiger partial charge is 0.102 e. The topological polar surface area (TPSA) is 15.3 Å². The Morgan fingerprint density at radius 1 is 1.20 bits per heavy atom. The maximum atomic E-state index is 11.8. The highest BCUT2D eigenvalue weighted by molar-refractivity contribution is 5.44. The highest BCUT2D eigenvalue weighted by Crippen LogP contribution is 2.10. The molecular formula is C12H19FN2. The molecule has 3 heteroatoms. The van der Waals surface area contributed by atoms with Gasteiger partial charge in [-0.3, -0.25) is 0 Å². The quantitative estimate of drug-likeness (QED) is 0.693. The molecule has 0 saturated carbocycles. The molecule has 0 atom stereocenters. The third-order valence-corrected chi connectivity index (χ3v) is 2.32. The van der Waals surface area contributed by atoms with Gasteiger partial charge in [0.2, 0.25) is 0 Å². The van der Waals surface area contributed by atoms with Crippen LogP contribution in [0.4, 0.5) is 10.1 Å². The van der Waals surface area contributed by atoms with Gasteiger partial charge in [0.25, 0.3) is 0 Å². The van der Waals surface area contributed by atoms with Crippen LogP contribution >= 0.6 is 0 Å². The molecule has 1 aromatic carbocycles. The Labute approximate surface area is 91.1 Å². The van der Waals surface area contributed by atoms with E-state index in [1.54, 1.807) is 0 Å². The van der Waals surface area contributed by atoms with E-state index in [9.17, 15) is 4.39 Å². The Bertz CT molecular complexity index is 251. The first kappa shape index (κ1) is 12.0. The van der Waals surface area contributed by atoms with Crippen LogP contribution in [0.25, 0.3) is 0 Å². The second kappa shape index (κ2) is 7.23. The lowest BCUT2D eigenvalue weighted by Gasteiger charge is -2.19. The molecule has 1 rings (SSSR count). The lowest BCUT2D eigenvalue weighted by molar-refractivity contribution is 0.465. The second-order valence-corrected chi connectivity index (χ2v) is 3.55. The summed E-state index contributed by atoms with van der Waals surface area (Å²) in [6, 6.07) is 10.3. The van der Waals surface area contributed by atoms with Crippen molar-refractivity contribution in [3.05, 3.63) is 30.3 Å². The fourth-order valence-corrected chi connectivity index (χ4v) is 1.44. The van der Waals surface area contributed by atoms with E-state index in [2.05, 4.69) is 29.4 Å². The van der Waals surface area contributed by atoms with E-state index in [0.717, 1.165) is 19.5 Å². The average molecular weight is 210 g/mol. The van der Waals surface area contributed by atoms with E-state index < -0.39 is 0 Å². The SMILES string of the molecule is CN(CCCNCCF)c1ccccc1. The summed E-state index contributed by atoms with van der Waals surface area (Å²) in [6.07, 6.45) is 1.03. The number of anilines is 1. The van der Waals surface area contributed by atoms with Gasteiger partial charge in [0, 0.05) is 25.8 Å². The largest absolute Gasteiger partial charge is 0.375 e. The maximum absolute atomic E-state index is 11.8. The lowest BCUT2D eigenvalue weighted by Crippen LogP contribution is -2.24. The number of nitrogens with zero attached hydrogens (tertiary/aromatic N) is 1. The summed E-state index contributed by atoms with van der Waals surface area (Å²) in [5, 5.41) is 3.04. The second-order valence-electron chi connectivity index (χ2n) is 3.55. The molecule has 15 heavy (non-hydrogen) atoms. The molecule has 2 nitrogen and oxygen atoms in total. The summed E-state index contributed by atoms with van der Waals surface area (Å²) in [5.41, 5.74) is 1.22. The summed E-state index contributed by atoms with van der Waals surface area (Å²) in [6.45, 7) is 2.05. The minimum Gasteiger partial charge on any atom is -0.375 e. The summed E-state index contributed by atoms with van der Waals surface area (Å²) in [5.74, 6) is 0. The Balaban J connectivity index is 2.16. The van der Waals surface area contributed by atoms with Gasteiger partial charge in [-0.05, 0) is 25.1 Å². The standard InChI is InChI=1S/C12H19FN2/c1-15(11-5-9-14-10-8-13)12-6-3-2-4-7-12/h2-4,6-7,14H,5,8-11H2,1H3. The van der Waals surface area contributed by atoms with E-state index in [0.29, 0.717) is 6.54 Å². The van der Waals surface area contributed by atoms with Crippen molar-refractivity contribution < 1.29 is 4.39 Å². The van der Waals surface area contributed by atoms with Gasteiger partial charge in [0.15, 0.2) is 0 Å². The van der Waals surface area contributed by atoms with Crippen LogP contribution in [-0.4, -0.2) is 33.4 Å². The Kier molecular flexibility index (Phi) is 5.78. The summed E-state index contributed by atoms with van der Waals surface area (Å²) in [4.78, 5) is 2.21. The molecule has 0 saturated heterocycles. The van der Waals surface area contributed by atoms with Crippen LogP contribution in [0.15, 0.2) is 30.3 Å². The highest BCUT2D eigenvalue weighted by atomic mass is 19.1. The summed E-state index contributed by atoms with van der Waals surface area (Å²) >= 11 is 0. The number of para-hydroxylation sites is 1. The van der Waals surface area contributed by atoms with Crippen molar-refractivity contribution in [3.8, 4) is 0 Å². The number of benzene rings is 1. The lowest BCUT2D eigenvalue weighted by atomic mass is 10.3. The molecule has 1 N–H and O–H groups in total. The molecule has 0 fully saturated rings. The molecule has 84 valence electrons. The zero-order valence-electron chi connectivity index (χ0n) is 9.25. The van der Waals surface area contributed by atoms with E-state index in [-0.39, 0.29) is 6.67 Å². The van der Waals surface area contributed by atoms with Gasteiger partial charge in [-0.2, -0.15) is 0 Å². The zero-order valence-corrected chi connectivity index (χ0v) is 9.25. The van der Waals surface area contributed by atoms with Crippen molar-refractivity contribution >= 4 is 5.69 Å². The van der Waals surface area contributed by atoms with Gasteiger partial charge >= 0.3 is 0 Å². The van der Waals surface area contributed by atoms with Crippen molar-refractivity contribution in [2.24, 2.45) is 0 Å². The first-order valence-electron chi connectivity index (χ1n) is 5.37. The number of nitrogens with one attached hydrogen (secondary N) is 1. The molecule has 0 bridgehead atoms. The molecule has 0 aliphatic rings. The highest BCUT2D eigenvalue weighted by Gasteiger charge is 1.98. The van der Waals surface area contributed by atoms with E-state index in [4.69, 9.17) is 0 Å². The first-order valence-corrected chi connectivity index (χ1v) is 5.37. The third-order valence-electron chi connectivity index (χ3n) is 2.32. The maximum Gasteiger partial charge on any atom is 0.102 e. The first-order chi connectivity index (χ1) is 7.34. The van der Waals surface area contributed by atoms with Crippen molar-refractivity contribution in [2.75, 3.05) is 38.3 Å². The Morgan fingerprint density at radius 2 is 1.93 bits per heavy atom. The monoisotopic (exact) mass is 210 g/mol. The Hall–Kier alpha value is -1.09. The van der Waals surface area contributed by atoms with Gasteiger partial charge in [-0.15, -0.1) is 0 Å². The number of alkyl halides is 1. The third kappa shape index (κ3) is 4.79. The van der Waals surface area contributed by atoms with Crippen molar-refractivity contribution in [2.45, 2.75) is 6.42 Å². The van der Waals surface area contributed by atoms with Gasteiger partial charge in [0.1, 0.15) is 6.67 Å². The fourth-order valence-electron chi connectivity index (χ4n) is 1.44. The predicted molar refractivity (Wildman–Crippen MR) is 63.2 cm³/mol. The van der Waals surface area contributed by atoms with Crippen LogP contribution in [0.2, 0.25) is 0 Å². The van der Waals surface area contributed by atoms with E-state index in [1.807, 2.05) is 18.2 Å². The van der Waals surface area contributed by atoms with Crippen LogP contribution in [0.1, 0.15) is 6.42 Å². The molecule has 0 radical (unpaired) electrons. The molecule has 0 aliphatic heterocycles. The van der Waals surface area contributed by atoms with E-state index in [1.165, 1.54) is 5.69 Å². The van der Waals surface area contributed by atoms with Crippen LogP contribution in [0.3, 0.4) is 0 Å². The minimum absolute atomic E-state index is 0.283. The molecule has 0 heterocycles. The van der Waals surface area contributed by atoms with Gasteiger partial charge in [0.05, 0.1) is 0 Å². The summed E-state index contributed by atoms with van der Waals surface area (Å²) < 4.78 is 11.8. The van der Waals surface area contributed by atoms with Gasteiger partial charge < -0.3 is 10.2 Å². The number of hydrogen-bond donors (Lipinski definition) is 1. The van der Waals surface area contributed by atoms with Crippen LogP contribution in [0, 0.1) is 0 Å². The molecule has 0 amide bonds. The molecule has 0 spiro atoms. The average Bonchev–Trinajstić information content (AvgIpc) is 2.30. The predicted octanol–water partition coefficient (Wildman–Crippen LogP) is 2.07.